The van der Waals surface area contributed by atoms with E-state index in [0.29, 0.717) is 5.92 Å². The number of para-hydroxylation sites is 1. The van der Waals surface area contributed by atoms with Crippen molar-refractivity contribution in [3.8, 4) is 5.75 Å². The predicted molar refractivity (Wildman–Crippen MR) is 93.2 cm³/mol. The maximum absolute atomic E-state index is 5.41. The van der Waals surface area contributed by atoms with Gasteiger partial charge in [-0.25, -0.2) is 0 Å². The molecule has 1 unspecified atom stereocenters. The zero-order valence-electron chi connectivity index (χ0n) is 13.0. The second-order valence-electron chi connectivity index (χ2n) is 6.28. The first kappa shape index (κ1) is 12.8. The summed E-state index contributed by atoms with van der Waals surface area (Å²) < 4.78 is 7.88. The van der Waals surface area contributed by atoms with Gasteiger partial charge in [0.1, 0.15) is 5.75 Å². The van der Waals surface area contributed by atoms with Gasteiger partial charge in [-0.05, 0) is 47.7 Å². The molecule has 114 valence electrons. The van der Waals surface area contributed by atoms with Gasteiger partial charge >= 0.3 is 0 Å². The molecule has 1 aliphatic heterocycles. The number of nitrogens with zero attached hydrogens (tertiary/aromatic N) is 1. The molecule has 0 saturated carbocycles. The van der Waals surface area contributed by atoms with Gasteiger partial charge in [-0.15, -0.1) is 0 Å². The molecule has 0 spiro atoms. The van der Waals surface area contributed by atoms with Crippen molar-refractivity contribution in [2.75, 3.05) is 7.11 Å². The minimum absolute atomic E-state index is 0.447. The normalized spacial score (nSPS) is 17.0. The van der Waals surface area contributed by atoms with Crippen LogP contribution in [0.4, 0.5) is 0 Å². The summed E-state index contributed by atoms with van der Waals surface area (Å²) in [6, 6.07) is 17.3. The van der Waals surface area contributed by atoms with E-state index in [-0.39, 0.29) is 0 Å². The molecule has 3 heteroatoms. The van der Waals surface area contributed by atoms with Gasteiger partial charge in [0, 0.05) is 40.8 Å². The van der Waals surface area contributed by atoms with Crippen LogP contribution in [0.3, 0.4) is 0 Å². The molecule has 5 rings (SSSR count). The number of benzene rings is 2. The number of hydrogen-bond donors (Lipinski definition) is 1. The monoisotopic (exact) mass is 302 g/mol. The average molecular weight is 302 g/mol. The van der Waals surface area contributed by atoms with Crippen molar-refractivity contribution in [1.29, 1.82) is 0 Å². The first-order chi connectivity index (χ1) is 11.3. The molecule has 0 saturated heterocycles. The highest BCUT2D eigenvalue weighted by Gasteiger charge is 2.27. The van der Waals surface area contributed by atoms with Crippen molar-refractivity contribution >= 4 is 21.8 Å². The Kier molecular flexibility index (Phi) is 2.60. The summed E-state index contributed by atoms with van der Waals surface area (Å²) in [7, 11) is 1.72. The van der Waals surface area contributed by atoms with Gasteiger partial charge in [0.2, 0.25) is 0 Å². The lowest BCUT2D eigenvalue weighted by Crippen LogP contribution is -1.95. The second kappa shape index (κ2) is 4.66. The first-order valence-corrected chi connectivity index (χ1v) is 8.08. The van der Waals surface area contributed by atoms with Crippen LogP contribution in [0.25, 0.3) is 21.8 Å². The van der Waals surface area contributed by atoms with E-state index in [1.54, 1.807) is 7.11 Å². The quantitative estimate of drug-likeness (QED) is 0.573. The Morgan fingerprint density at radius 2 is 2.04 bits per heavy atom. The van der Waals surface area contributed by atoms with E-state index < -0.39 is 0 Å². The van der Waals surface area contributed by atoms with Gasteiger partial charge in [-0.1, -0.05) is 18.2 Å². The fourth-order valence-corrected chi connectivity index (χ4v) is 4.03. The van der Waals surface area contributed by atoms with Crippen LogP contribution in [-0.2, 0) is 6.54 Å². The van der Waals surface area contributed by atoms with Crippen LogP contribution in [0.5, 0.6) is 5.75 Å². The number of methoxy groups -OCH3 is 1. The van der Waals surface area contributed by atoms with Crippen LogP contribution >= 0.6 is 0 Å². The molecular weight excluding hydrogens is 284 g/mol. The highest BCUT2D eigenvalue weighted by atomic mass is 16.5. The van der Waals surface area contributed by atoms with Gasteiger partial charge < -0.3 is 14.3 Å². The highest BCUT2D eigenvalue weighted by Crippen LogP contribution is 2.41. The summed E-state index contributed by atoms with van der Waals surface area (Å²) in [5.74, 6) is 1.36. The molecular formula is C20H18N2O. The molecule has 23 heavy (non-hydrogen) atoms. The Labute approximate surface area is 134 Å². The maximum Gasteiger partial charge on any atom is 0.119 e. The van der Waals surface area contributed by atoms with Crippen molar-refractivity contribution in [2.24, 2.45) is 0 Å². The molecule has 0 radical (unpaired) electrons. The molecule has 3 heterocycles. The number of H-pyrrole nitrogens is 1. The van der Waals surface area contributed by atoms with Gasteiger partial charge in [0.15, 0.2) is 0 Å². The number of fused-ring (bicyclic) bond motifs is 4. The molecule has 0 aliphatic carbocycles. The minimum Gasteiger partial charge on any atom is -0.497 e. The van der Waals surface area contributed by atoms with Gasteiger partial charge in [-0.2, -0.15) is 0 Å². The number of ether oxygens (including phenoxy) is 1. The topological polar surface area (TPSA) is 29.9 Å². The summed E-state index contributed by atoms with van der Waals surface area (Å²) in [6.45, 7) is 1.09. The Balaban J connectivity index is 1.70. The van der Waals surface area contributed by atoms with Crippen molar-refractivity contribution in [1.82, 2.24) is 9.55 Å². The van der Waals surface area contributed by atoms with Gasteiger partial charge in [-0.3, -0.25) is 0 Å². The summed E-state index contributed by atoms with van der Waals surface area (Å²) in [5.41, 5.74) is 5.33. The Bertz CT molecular complexity index is 1020. The molecule has 1 N–H and O–H groups in total. The smallest absolute Gasteiger partial charge is 0.119 e. The predicted octanol–water partition coefficient (Wildman–Crippen LogP) is 4.67. The summed E-state index contributed by atoms with van der Waals surface area (Å²) in [4.78, 5) is 3.42. The lowest BCUT2D eigenvalue weighted by atomic mass is 9.94. The minimum atomic E-state index is 0.447. The molecule has 0 fully saturated rings. The molecule has 1 atom stereocenters. The molecule has 3 nitrogen and oxygen atoms in total. The van der Waals surface area contributed by atoms with Gasteiger partial charge in [0.05, 0.1) is 7.11 Å². The zero-order chi connectivity index (χ0) is 15.4. The number of nitrogens with one attached hydrogen (secondary N) is 1. The van der Waals surface area contributed by atoms with Crippen molar-refractivity contribution < 1.29 is 4.74 Å². The third-order valence-electron chi connectivity index (χ3n) is 5.14. The third kappa shape index (κ3) is 1.76. The van der Waals surface area contributed by atoms with E-state index in [9.17, 15) is 0 Å². The van der Waals surface area contributed by atoms with Crippen LogP contribution in [-0.4, -0.2) is 16.7 Å². The Morgan fingerprint density at radius 3 is 2.96 bits per heavy atom. The number of aromatic nitrogens is 2. The lowest BCUT2D eigenvalue weighted by Gasteiger charge is -2.09. The zero-order valence-corrected chi connectivity index (χ0v) is 13.0. The second-order valence-corrected chi connectivity index (χ2v) is 6.28. The molecule has 0 amide bonds. The fraction of sp³-hybridized carbons (Fsp3) is 0.200. The SMILES string of the molecule is COc1ccc2[nH]cc(C3CCn4c3cc3ccccc34)c2c1. The van der Waals surface area contributed by atoms with Crippen molar-refractivity contribution in [3.05, 3.63) is 66.0 Å². The third-order valence-corrected chi connectivity index (χ3v) is 5.14. The van der Waals surface area contributed by atoms with E-state index in [0.717, 1.165) is 18.7 Å². The summed E-state index contributed by atoms with van der Waals surface area (Å²) >= 11 is 0. The van der Waals surface area contributed by atoms with Crippen LogP contribution in [0.1, 0.15) is 23.6 Å². The molecule has 0 bridgehead atoms. The van der Waals surface area contributed by atoms with Gasteiger partial charge in [0.25, 0.3) is 0 Å². The number of hydrogen-bond acceptors (Lipinski definition) is 1. The first-order valence-electron chi connectivity index (χ1n) is 8.08. The Morgan fingerprint density at radius 1 is 1.13 bits per heavy atom. The van der Waals surface area contributed by atoms with E-state index >= 15 is 0 Å². The van der Waals surface area contributed by atoms with E-state index in [4.69, 9.17) is 4.74 Å². The van der Waals surface area contributed by atoms with E-state index in [1.165, 1.54) is 33.1 Å². The summed E-state index contributed by atoms with van der Waals surface area (Å²) in [5, 5.41) is 2.61. The maximum atomic E-state index is 5.41. The average Bonchev–Trinajstić information content (AvgIpc) is 3.26. The molecule has 2 aromatic heterocycles. The Hall–Kier alpha value is -2.68. The molecule has 2 aromatic carbocycles. The highest BCUT2D eigenvalue weighted by molar-refractivity contribution is 5.87. The standard InChI is InChI=1S/C20H18N2O/c1-23-14-6-7-18-16(11-14)17(12-21-18)15-8-9-22-19-5-3-2-4-13(19)10-20(15)22/h2-7,10-12,15,21H,8-9H2,1H3. The van der Waals surface area contributed by atoms with Crippen LogP contribution < -0.4 is 4.74 Å². The van der Waals surface area contributed by atoms with Crippen molar-refractivity contribution in [3.63, 3.8) is 0 Å². The number of rotatable bonds is 2. The fourth-order valence-electron chi connectivity index (χ4n) is 4.03. The lowest BCUT2D eigenvalue weighted by molar-refractivity contribution is 0.415. The summed E-state index contributed by atoms with van der Waals surface area (Å²) in [6.07, 6.45) is 3.33. The van der Waals surface area contributed by atoms with E-state index in [1.807, 2.05) is 6.07 Å². The van der Waals surface area contributed by atoms with Crippen LogP contribution in [0.15, 0.2) is 54.7 Å². The van der Waals surface area contributed by atoms with Crippen molar-refractivity contribution in [2.45, 2.75) is 18.9 Å². The number of aromatic amines is 1. The molecule has 4 aromatic rings. The van der Waals surface area contributed by atoms with E-state index in [2.05, 4.69) is 58.2 Å². The van der Waals surface area contributed by atoms with Crippen LogP contribution in [0, 0.1) is 0 Å². The molecule has 1 aliphatic rings. The number of aryl methyl sites for hydroxylation is 1. The largest absolute Gasteiger partial charge is 0.497 e. The van der Waals surface area contributed by atoms with Crippen LogP contribution in [0.2, 0.25) is 0 Å².